The van der Waals surface area contributed by atoms with E-state index >= 15 is 0 Å². The summed E-state index contributed by atoms with van der Waals surface area (Å²) in [6.07, 6.45) is 16.3. The number of thiol groups is 1. The van der Waals surface area contributed by atoms with E-state index in [4.69, 9.17) is 0 Å². The van der Waals surface area contributed by atoms with Gasteiger partial charge in [-0.05, 0) is 30.4 Å². The zero-order valence-electron chi connectivity index (χ0n) is 16.6. The van der Waals surface area contributed by atoms with Crippen LogP contribution in [0.1, 0.15) is 26.3 Å². The van der Waals surface area contributed by atoms with Gasteiger partial charge in [0.25, 0.3) is 0 Å². The fourth-order valence-corrected chi connectivity index (χ4v) is 1.77. The Morgan fingerprint density at radius 2 is 1.67 bits per heavy atom. The molecular formula is C23H29N3S. The number of rotatable bonds is 6. The fourth-order valence-electron chi connectivity index (χ4n) is 1.77. The number of aromatic nitrogens is 1. The third-order valence-electron chi connectivity index (χ3n) is 2.95. The van der Waals surface area contributed by atoms with E-state index in [1.807, 2.05) is 81.6 Å². The summed E-state index contributed by atoms with van der Waals surface area (Å²) in [5, 5.41) is 0. The molecule has 0 atom stereocenters. The van der Waals surface area contributed by atoms with Crippen LogP contribution in [0.3, 0.4) is 0 Å². The van der Waals surface area contributed by atoms with E-state index in [0.29, 0.717) is 0 Å². The first-order chi connectivity index (χ1) is 13.3. The van der Waals surface area contributed by atoms with Gasteiger partial charge < -0.3 is 0 Å². The maximum atomic E-state index is 4.43. The van der Waals surface area contributed by atoms with Gasteiger partial charge in [-0.1, -0.05) is 75.1 Å². The zero-order chi connectivity index (χ0) is 20.3. The molecule has 4 heteroatoms. The molecular weight excluding hydrogens is 350 g/mol. The van der Waals surface area contributed by atoms with Crippen LogP contribution < -0.4 is 0 Å². The van der Waals surface area contributed by atoms with Crippen LogP contribution in [0.2, 0.25) is 0 Å². The van der Waals surface area contributed by atoms with Crippen molar-refractivity contribution in [2.75, 3.05) is 6.26 Å². The lowest BCUT2D eigenvalue weighted by Crippen LogP contribution is -1.80. The van der Waals surface area contributed by atoms with E-state index in [9.17, 15) is 0 Å². The molecule has 27 heavy (non-hydrogen) atoms. The third-order valence-corrected chi connectivity index (χ3v) is 2.95. The zero-order valence-corrected chi connectivity index (χ0v) is 17.5. The van der Waals surface area contributed by atoms with Gasteiger partial charge in [-0.25, -0.2) is 0 Å². The summed E-state index contributed by atoms with van der Waals surface area (Å²) in [7, 11) is 0. The quantitative estimate of drug-likeness (QED) is 0.335. The number of aliphatic imine (C=N–C) groups is 2. The molecule has 0 amide bonds. The Kier molecular flexibility index (Phi) is 15.0. The Labute approximate surface area is 169 Å². The van der Waals surface area contributed by atoms with Gasteiger partial charge in [-0.3, -0.25) is 15.0 Å². The molecule has 0 aliphatic carbocycles. The van der Waals surface area contributed by atoms with Crippen molar-refractivity contribution in [3.63, 3.8) is 0 Å². The molecule has 0 radical (unpaired) electrons. The molecule has 2 rings (SSSR count). The Morgan fingerprint density at radius 1 is 1.04 bits per heavy atom. The molecule has 0 aliphatic heterocycles. The van der Waals surface area contributed by atoms with Gasteiger partial charge in [0.2, 0.25) is 0 Å². The average Bonchev–Trinajstić information content (AvgIpc) is 2.76. The van der Waals surface area contributed by atoms with Gasteiger partial charge >= 0.3 is 0 Å². The van der Waals surface area contributed by atoms with E-state index < -0.39 is 0 Å². The second-order valence-electron chi connectivity index (χ2n) is 4.72. The Morgan fingerprint density at radius 3 is 2.26 bits per heavy atom. The van der Waals surface area contributed by atoms with Crippen molar-refractivity contribution in [2.24, 2.45) is 9.98 Å². The van der Waals surface area contributed by atoms with Gasteiger partial charge in [-0.2, -0.15) is 12.6 Å². The van der Waals surface area contributed by atoms with E-state index in [1.54, 1.807) is 30.9 Å². The second kappa shape index (κ2) is 16.7. The second-order valence-corrected chi connectivity index (χ2v) is 4.72. The minimum absolute atomic E-state index is 0.751. The molecule has 2 aromatic rings. The molecule has 0 aliphatic rings. The first kappa shape index (κ1) is 24.3. The molecule has 0 saturated carbocycles. The smallest absolute Gasteiger partial charge is 0.0834 e. The van der Waals surface area contributed by atoms with Crippen LogP contribution >= 0.6 is 12.6 Å². The summed E-state index contributed by atoms with van der Waals surface area (Å²) in [6.45, 7) is 9.74. The Bertz CT molecular complexity index is 760. The normalized spacial score (nSPS) is 11.1. The van der Waals surface area contributed by atoms with Crippen molar-refractivity contribution in [3.8, 4) is 0 Å². The van der Waals surface area contributed by atoms with Crippen molar-refractivity contribution >= 4 is 36.4 Å². The highest BCUT2D eigenvalue weighted by Crippen LogP contribution is 2.18. The third kappa shape index (κ3) is 10.8. The minimum atomic E-state index is 0.751. The first-order valence-corrected chi connectivity index (χ1v) is 9.69. The Balaban J connectivity index is 0.00000158. The van der Waals surface area contributed by atoms with Crippen LogP contribution in [0, 0.1) is 0 Å². The van der Waals surface area contributed by atoms with Gasteiger partial charge in [-0.15, -0.1) is 0 Å². The molecule has 0 unspecified atom stereocenters. The molecule has 3 nitrogen and oxygen atoms in total. The lowest BCUT2D eigenvalue weighted by Gasteiger charge is -1.97. The van der Waals surface area contributed by atoms with Crippen LogP contribution in [0.4, 0.5) is 11.4 Å². The largest absolute Gasteiger partial charge is 0.260 e. The number of pyridine rings is 1. The highest BCUT2D eigenvalue weighted by molar-refractivity contribution is 7.79. The molecule has 1 aromatic carbocycles. The lowest BCUT2D eigenvalue weighted by molar-refractivity contribution is 1.29. The van der Waals surface area contributed by atoms with Gasteiger partial charge in [0, 0.05) is 12.4 Å². The molecule has 0 bridgehead atoms. The summed E-state index contributed by atoms with van der Waals surface area (Å²) in [5.41, 5.74) is 3.49. The van der Waals surface area contributed by atoms with Crippen LogP contribution in [0.5, 0.6) is 0 Å². The molecule has 0 fully saturated rings. The molecule has 0 N–H and O–H groups in total. The van der Waals surface area contributed by atoms with Gasteiger partial charge in [0.1, 0.15) is 0 Å². The number of hydrogen-bond acceptors (Lipinski definition) is 4. The number of nitrogens with zero attached hydrogens (tertiary/aromatic N) is 3. The minimum Gasteiger partial charge on any atom is -0.260 e. The molecule has 0 spiro atoms. The van der Waals surface area contributed by atoms with Crippen molar-refractivity contribution in [1.29, 1.82) is 0 Å². The van der Waals surface area contributed by atoms with Crippen LogP contribution in [0.25, 0.3) is 0 Å². The number of hydrogen-bond donors (Lipinski definition) is 1. The van der Waals surface area contributed by atoms with Gasteiger partial charge in [0.15, 0.2) is 0 Å². The maximum Gasteiger partial charge on any atom is 0.0834 e. The van der Waals surface area contributed by atoms with Crippen LogP contribution in [-0.4, -0.2) is 23.7 Å². The van der Waals surface area contributed by atoms with Gasteiger partial charge in [0.05, 0.1) is 23.8 Å². The topological polar surface area (TPSA) is 37.6 Å². The maximum absolute atomic E-state index is 4.43. The standard InChI is InChI=1S/C20H19N3.C2H6.CH4S/c1-3-5-9-17(4-2)13-22-19-12-20(16-21-15-19)23-14-18-10-7-6-8-11-18;2*1-2/h3-16H,2H2,1H3;1-2H3;2H,1H3/b5-3-,17-9+,22-13?,23-14?;;. The summed E-state index contributed by atoms with van der Waals surface area (Å²) < 4.78 is 0. The molecule has 1 heterocycles. The summed E-state index contributed by atoms with van der Waals surface area (Å²) in [4.78, 5) is 13.0. The van der Waals surface area contributed by atoms with E-state index in [0.717, 1.165) is 22.5 Å². The highest BCUT2D eigenvalue weighted by atomic mass is 32.1. The SMILES string of the molecule is C=C/C(C=Nc1cncc(N=Cc2ccccc2)c1)=C\C=C/C.CC.CS. The highest BCUT2D eigenvalue weighted by Gasteiger charge is 1.94. The molecule has 142 valence electrons. The van der Waals surface area contributed by atoms with E-state index in [2.05, 4.69) is 34.2 Å². The summed E-state index contributed by atoms with van der Waals surface area (Å²) >= 11 is 3.53. The summed E-state index contributed by atoms with van der Waals surface area (Å²) in [6, 6.07) is 11.8. The Hall–Kier alpha value is -2.72. The molecule has 1 aromatic heterocycles. The van der Waals surface area contributed by atoms with Crippen LogP contribution in [-0.2, 0) is 0 Å². The monoisotopic (exact) mass is 379 g/mol. The van der Waals surface area contributed by atoms with Crippen LogP contribution in [0.15, 0.2) is 95.2 Å². The van der Waals surface area contributed by atoms with Crippen molar-refractivity contribution in [2.45, 2.75) is 20.8 Å². The predicted molar refractivity (Wildman–Crippen MR) is 125 cm³/mol. The number of allylic oxidation sites excluding steroid dienone is 5. The molecule has 0 saturated heterocycles. The van der Waals surface area contributed by atoms with Crippen molar-refractivity contribution < 1.29 is 0 Å². The first-order valence-electron chi connectivity index (χ1n) is 8.80. The predicted octanol–water partition coefficient (Wildman–Crippen LogP) is 6.80. The average molecular weight is 380 g/mol. The number of benzene rings is 1. The van der Waals surface area contributed by atoms with E-state index in [-0.39, 0.29) is 0 Å². The van der Waals surface area contributed by atoms with Crippen molar-refractivity contribution in [3.05, 3.63) is 90.8 Å². The van der Waals surface area contributed by atoms with Crippen molar-refractivity contribution in [1.82, 2.24) is 4.98 Å². The van der Waals surface area contributed by atoms with E-state index in [1.165, 1.54) is 0 Å². The lowest BCUT2D eigenvalue weighted by atomic mass is 10.2. The fraction of sp³-hybridized carbons (Fsp3) is 0.174. The summed E-state index contributed by atoms with van der Waals surface area (Å²) in [5.74, 6) is 0.